The third-order valence-corrected chi connectivity index (χ3v) is 11.1. The van der Waals surface area contributed by atoms with E-state index in [0.29, 0.717) is 11.4 Å². The maximum absolute atomic E-state index is 14.1. The van der Waals surface area contributed by atoms with Gasteiger partial charge in [0.15, 0.2) is 11.9 Å². The molecule has 1 saturated heterocycles. The Hall–Kier alpha value is -3.64. The third-order valence-electron chi connectivity index (χ3n) is 10.2. The van der Waals surface area contributed by atoms with E-state index in [0.717, 1.165) is 44.2 Å². The fourth-order valence-electron chi connectivity index (χ4n) is 7.13. The number of rotatable bonds is 18. The highest BCUT2D eigenvalue weighted by atomic mass is 32.1. The fraction of sp³-hybridized carbons (Fsp3) is 0.632. The van der Waals surface area contributed by atoms with E-state index in [1.54, 1.807) is 24.3 Å². The van der Waals surface area contributed by atoms with Crippen molar-refractivity contribution in [1.82, 2.24) is 20.1 Å². The van der Waals surface area contributed by atoms with Crippen LogP contribution in [-0.4, -0.2) is 88.2 Å². The number of piperidine rings is 1. The van der Waals surface area contributed by atoms with Crippen molar-refractivity contribution in [2.75, 3.05) is 20.6 Å². The molecule has 2 aliphatic rings. The number of esters is 1. The summed E-state index contributed by atoms with van der Waals surface area (Å²) in [5, 5.41) is 14.5. The van der Waals surface area contributed by atoms with Gasteiger partial charge >= 0.3 is 11.9 Å². The molecule has 1 saturated carbocycles. The molecule has 274 valence electrons. The largest absolute Gasteiger partial charge is 0.481 e. The first-order chi connectivity index (χ1) is 23.7. The van der Waals surface area contributed by atoms with Gasteiger partial charge in [0.2, 0.25) is 5.91 Å². The van der Waals surface area contributed by atoms with Crippen LogP contribution < -0.4 is 5.32 Å². The molecule has 6 atom stereocenters. The van der Waals surface area contributed by atoms with Crippen LogP contribution in [0.3, 0.4) is 0 Å². The normalized spacial score (nSPS) is 19.5. The molecule has 2 fully saturated rings. The predicted molar refractivity (Wildman–Crippen MR) is 192 cm³/mol. The van der Waals surface area contributed by atoms with Gasteiger partial charge in [-0.2, -0.15) is 0 Å². The molecule has 2 heterocycles. The Morgan fingerprint density at radius 1 is 1.06 bits per heavy atom. The second-order valence-electron chi connectivity index (χ2n) is 14.6. The number of carbonyl (C=O) groups excluding carboxylic acids is 4. The fourth-order valence-corrected chi connectivity index (χ4v) is 7.97. The zero-order chi connectivity index (χ0) is 36.5. The first kappa shape index (κ1) is 39.2. The average Bonchev–Trinajstić information content (AvgIpc) is 3.79. The molecular weight excluding hydrogens is 657 g/mol. The van der Waals surface area contributed by atoms with Crippen LogP contribution >= 0.6 is 11.3 Å². The van der Waals surface area contributed by atoms with Crippen molar-refractivity contribution in [3.63, 3.8) is 0 Å². The smallest absolute Gasteiger partial charge is 0.306 e. The molecule has 0 bridgehead atoms. The molecule has 0 spiro atoms. The minimum absolute atomic E-state index is 0.000239. The van der Waals surface area contributed by atoms with Crippen molar-refractivity contribution in [2.24, 2.45) is 23.7 Å². The number of aromatic nitrogens is 1. The minimum atomic E-state index is -0.937. The molecule has 2 N–H and O–H groups in total. The first-order valence-electron chi connectivity index (χ1n) is 17.9. The van der Waals surface area contributed by atoms with Crippen LogP contribution in [0.5, 0.6) is 0 Å². The van der Waals surface area contributed by atoms with Crippen LogP contribution in [0.1, 0.15) is 106 Å². The molecule has 1 aromatic carbocycles. The molecule has 1 aliphatic heterocycles. The molecule has 12 heteroatoms. The second-order valence-corrected chi connectivity index (χ2v) is 15.5. The number of benzene rings is 1. The number of likely N-dealkylation sites (N-methyl/N-ethyl adjacent to an activating group) is 1. The van der Waals surface area contributed by atoms with Gasteiger partial charge in [-0.1, -0.05) is 57.5 Å². The Morgan fingerprint density at radius 3 is 2.36 bits per heavy atom. The number of aliphatic carboxylic acids is 1. The number of carboxylic acid groups (broad SMARTS) is 1. The van der Waals surface area contributed by atoms with E-state index in [4.69, 9.17) is 4.74 Å². The standard InChI is InChI=1S/C38H54N4O7S/c1-23(2)32(42(6)37(46)29(27-15-16-27)20-33(44)31-14-10-11-17-41(31)5)21-34(49-25(4)43)36-40-30(22-50-36)35(45)39-28(18-24(3)38(47)48)19-26-12-8-7-9-13-26/h7-9,12-13,22-24,27-29,31-32,34H,10-11,14-21H2,1-6H3,(H,39,45)(H,47,48)/t24-,28+,29-,31+,32+,34+/m0/s1. The van der Waals surface area contributed by atoms with Gasteiger partial charge in [0, 0.05) is 50.2 Å². The number of hydrogen-bond acceptors (Lipinski definition) is 9. The second kappa shape index (κ2) is 18.0. The molecule has 4 rings (SSSR count). The lowest BCUT2D eigenvalue weighted by Crippen LogP contribution is -2.47. The summed E-state index contributed by atoms with van der Waals surface area (Å²) >= 11 is 1.20. The molecule has 1 aliphatic carbocycles. The van der Waals surface area contributed by atoms with Gasteiger partial charge in [-0.05, 0) is 69.5 Å². The lowest BCUT2D eigenvalue weighted by Gasteiger charge is -2.36. The van der Waals surface area contributed by atoms with Crippen LogP contribution in [0.2, 0.25) is 0 Å². The summed E-state index contributed by atoms with van der Waals surface area (Å²) < 4.78 is 5.77. The molecule has 0 unspecified atom stereocenters. The Balaban J connectivity index is 1.48. The summed E-state index contributed by atoms with van der Waals surface area (Å²) in [7, 11) is 3.76. The summed E-state index contributed by atoms with van der Waals surface area (Å²) in [6, 6.07) is 8.65. The number of ether oxygens (including phenoxy) is 1. The molecule has 50 heavy (non-hydrogen) atoms. The number of likely N-dealkylation sites (tertiary alicyclic amines) is 1. The number of nitrogens with zero attached hydrogens (tertiary/aromatic N) is 3. The summed E-state index contributed by atoms with van der Waals surface area (Å²) in [6.07, 6.45) is 5.22. The Morgan fingerprint density at radius 2 is 1.76 bits per heavy atom. The van der Waals surface area contributed by atoms with Crippen molar-refractivity contribution in [3.8, 4) is 0 Å². The SMILES string of the molecule is CC(=O)O[C@H](C[C@H](C(C)C)N(C)C(=O)[C@@H](CC(=O)[C@H]1CCCCN1C)C1CC1)c1nc(C(=O)N[C@@H](Cc2ccccc2)C[C@H](C)C(=O)O)cs1. The van der Waals surface area contributed by atoms with Crippen LogP contribution in [0.4, 0.5) is 0 Å². The van der Waals surface area contributed by atoms with Crippen LogP contribution in [0, 0.1) is 23.7 Å². The highest BCUT2D eigenvalue weighted by molar-refractivity contribution is 7.09. The minimum Gasteiger partial charge on any atom is -0.481 e. The van der Waals surface area contributed by atoms with Crippen molar-refractivity contribution < 1.29 is 33.8 Å². The number of Topliss-reactive ketones (excluding diaryl/α,β-unsaturated/α-hetero) is 1. The Labute approximate surface area is 300 Å². The number of nitrogens with one attached hydrogen (secondary N) is 1. The quantitative estimate of drug-likeness (QED) is 0.190. The molecule has 2 aromatic rings. The van der Waals surface area contributed by atoms with E-state index < -0.39 is 35.9 Å². The van der Waals surface area contributed by atoms with E-state index in [1.807, 2.05) is 51.2 Å². The lowest BCUT2D eigenvalue weighted by molar-refractivity contribution is -0.149. The Kier molecular flexibility index (Phi) is 14.1. The van der Waals surface area contributed by atoms with Gasteiger partial charge in [-0.15, -0.1) is 11.3 Å². The Bertz CT molecular complexity index is 1480. The first-order valence-corrected chi connectivity index (χ1v) is 18.8. The van der Waals surface area contributed by atoms with E-state index in [9.17, 15) is 29.1 Å². The van der Waals surface area contributed by atoms with Crippen molar-refractivity contribution in [3.05, 3.63) is 52.0 Å². The van der Waals surface area contributed by atoms with Crippen LogP contribution in [0.15, 0.2) is 35.7 Å². The summed E-state index contributed by atoms with van der Waals surface area (Å²) in [5.41, 5.74) is 1.12. The van der Waals surface area contributed by atoms with Gasteiger partial charge in [0.05, 0.1) is 12.0 Å². The third kappa shape index (κ3) is 10.9. The average molecular weight is 711 g/mol. The topological polar surface area (TPSA) is 146 Å². The van der Waals surface area contributed by atoms with E-state index >= 15 is 0 Å². The van der Waals surface area contributed by atoms with Crippen molar-refractivity contribution >= 4 is 40.9 Å². The number of carboxylic acids is 1. The summed E-state index contributed by atoms with van der Waals surface area (Å²) in [6.45, 7) is 7.86. The monoisotopic (exact) mass is 710 g/mol. The number of amides is 2. The van der Waals surface area contributed by atoms with Gasteiger partial charge in [-0.25, -0.2) is 4.98 Å². The molecule has 0 radical (unpaired) electrons. The van der Waals surface area contributed by atoms with E-state index in [-0.39, 0.29) is 66.5 Å². The number of ketones is 1. The lowest BCUT2D eigenvalue weighted by atomic mass is 9.88. The van der Waals surface area contributed by atoms with Gasteiger partial charge in [0.25, 0.3) is 5.91 Å². The van der Waals surface area contributed by atoms with Crippen LogP contribution in [-0.2, 0) is 30.3 Å². The van der Waals surface area contributed by atoms with Gasteiger partial charge in [0.1, 0.15) is 10.7 Å². The predicted octanol–water partition coefficient (Wildman–Crippen LogP) is 5.54. The highest BCUT2D eigenvalue weighted by Gasteiger charge is 2.42. The summed E-state index contributed by atoms with van der Waals surface area (Å²) in [5.74, 6) is -2.64. The van der Waals surface area contributed by atoms with Crippen molar-refractivity contribution in [2.45, 2.75) is 110 Å². The molecular formula is C38H54N4O7S. The maximum atomic E-state index is 14.1. The summed E-state index contributed by atoms with van der Waals surface area (Å²) in [4.78, 5) is 73.4. The molecule has 1 aromatic heterocycles. The highest BCUT2D eigenvalue weighted by Crippen LogP contribution is 2.41. The molecule has 11 nitrogen and oxygen atoms in total. The van der Waals surface area contributed by atoms with E-state index in [2.05, 4.69) is 15.2 Å². The zero-order valence-electron chi connectivity index (χ0n) is 30.3. The van der Waals surface area contributed by atoms with E-state index in [1.165, 1.54) is 18.3 Å². The van der Waals surface area contributed by atoms with Gasteiger partial charge < -0.3 is 20.1 Å². The number of thiazole rings is 1. The number of hydrogen-bond donors (Lipinski definition) is 2. The maximum Gasteiger partial charge on any atom is 0.306 e. The van der Waals surface area contributed by atoms with Crippen molar-refractivity contribution in [1.29, 1.82) is 0 Å². The van der Waals surface area contributed by atoms with Gasteiger partial charge in [-0.3, -0.25) is 28.9 Å². The van der Waals surface area contributed by atoms with Crippen LogP contribution in [0.25, 0.3) is 0 Å². The molecule has 2 amide bonds. The number of carbonyl (C=O) groups is 5. The zero-order valence-corrected chi connectivity index (χ0v) is 31.1.